The molecule has 36 heavy (non-hydrogen) atoms. The average molecular weight is 506 g/mol. The minimum Gasteiger partial charge on any atom is -0.337 e. The SMILES string of the molecule is C1CCC(N2CCCC2)CC1.CC1CC2CCCC2(C(=O)N2CCc3ncc(C(F)(F)F)cc3C2)C1. The number of pyridine rings is 1. The normalized spacial score (nSPS) is 31.1. The molecule has 3 unspecified atom stereocenters. The number of halogens is 3. The van der Waals surface area contributed by atoms with Crippen LogP contribution >= 0.6 is 0 Å². The van der Waals surface area contributed by atoms with E-state index in [4.69, 9.17) is 0 Å². The highest BCUT2D eigenvalue weighted by Crippen LogP contribution is 2.57. The van der Waals surface area contributed by atoms with E-state index < -0.39 is 11.7 Å². The van der Waals surface area contributed by atoms with Crippen LogP contribution < -0.4 is 0 Å². The number of aromatic nitrogens is 1. The fraction of sp³-hybridized carbons (Fsp3) is 0.793. The Morgan fingerprint density at radius 2 is 1.78 bits per heavy atom. The first-order valence-electron chi connectivity index (χ1n) is 14.3. The lowest BCUT2D eigenvalue weighted by Crippen LogP contribution is -2.46. The van der Waals surface area contributed by atoms with Gasteiger partial charge in [0, 0.05) is 37.4 Å². The first-order valence-corrected chi connectivity index (χ1v) is 14.3. The van der Waals surface area contributed by atoms with E-state index in [0.717, 1.165) is 44.3 Å². The number of likely N-dealkylation sites (tertiary alicyclic amines) is 1. The third-order valence-electron chi connectivity index (χ3n) is 9.67. The number of fused-ring (bicyclic) bond motifs is 2. The van der Waals surface area contributed by atoms with Gasteiger partial charge in [0.2, 0.25) is 5.91 Å². The van der Waals surface area contributed by atoms with Crippen molar-refractivity contribution in [1.82, 2.24) is 14.8 Å². The van der Waals surface area contributed by atoms with Crippen LogP contribution in [0.4, 0.5) is 13.2 Å². The van der Waals surface area contributed by atoms with Gasteiger partial charge in [0.1, 0.15) is 0 Å². The molecule has 1 amide bonds. The van der Waals surface area contributed by atoms with Crippen LogP contribution in [0.3, 0.4) is 0 Å². The van der Waals surface area contributed by atoms with Gasteiger partial charge in [0.25, 0.3) is 0 Å². The number of rotatable bonds is 2. The number of carbonyl (C=O) groups excluding carboxylic acids is 1. The second kappa shape index (κ2) is 10.6. The first-order chi connectivity index (χ1) is 17.3. The van der Waals surface area contributed by atoms with Gasteiger partial charge in [-0.1, -0.05) is 32.6 Å². The third kappa shape index (κ3) is 5.32. The van der Waals surface area contributed by atoms with Crippen molar-refractivity contribution in [3.63, 3.8) is 0 Å². The molecular weight excluding hydrogens is 463 g/mol. The second-order valence-electron chi connectivity index (χ2n) is 12.1. The Morgan fingerprint density at radius 1 is 1.03 bits per heavy atom. The summed E-state index contributed by atoms with van der Waals surface area (Å²) >= 11 is 0. The molecule has 1 aromatic rings. The second-order valence-corrected chi connectivity index (χ2v) is 12.1. The minimum absolute atomic E-state index is 0.169. The van der Waals surface area contributed by atoms with Gasteiger partial charge in [-0.25, -0.2) is 0 Å². The van der Waals surface area contributed by atoms with Crippen LogP contribution in [0.2, 0.25) is 0 Å². The fourth-order valence-electron chi connectivity index (χ4n) is 7.94. The molecule has 5 aliphatic rings. The maximum Gasteiger partial charge on any atom is 0.417 e. The number of nitrogens with zero attached hydrogens (tertiary/aromatic N) is 3. The van der Waals surface area contributed by atoms with Crippen LogP contribution in [-0.2, 0) is 23.9 Å². The topological polar surface area (TPSA) is 36.4 Å². The number of hydrogen-bond acceptors (Lipinski definition) is 3. The molecule has 4 nitrogen and oxygen atoms in total. The molecule has 0 N–H and O–H groups in total. The number of amides is 1. The van der Waals surface area contributed by atoms with Crippen molar-refractivity contribution in [1.29, 1.82) is 0 Å². The number of alkyl halides is 3. The van der Waals surface area contributed by atoms with Gasteiger partial charge in [0.15, 0.2) is 0 Å². The fourth-order valence-corrected chi connectivity index (χ4v) is 7.94. The highest BCUT2D eigenvalue weighted by Gasteiger charge is 2.55. The molecule has 1 saturated heterocycles. The number of hydrogen-bond donors (Lipinski definition) is 0. The highest BCUT2D eigenvalue weighted by atomic mass is 19.4. The molecule has 6 rings (SSSR count). The summed E-state index contributed by atoms with van der Waals surface area (Å²) in [6.07, 6.45) is 12.6. The summed E-state index contributed by atoms with van der Waals surface area (Å²) in [5.74, 6) is 1.18. The zero-order chi connectivity index (χ0) is 25.3. The summed E-state index contributed by atoms with van der Waals surface area (Å²) in [6, 6.07) is 2.15. The van der Waals surface area contributed by atoms with Crippen molar-refractivity contribution in [2.24, 2.45) is 17.3 Å². The van der Waals surface area contributed by atoms with Crippen molar-refractivity contribution < 1.29 is 18.0 Å². The predicted molar refractivity (Wildman–Crippen MR) is 134 cm³/mol. The first kappa shape index (κ1) is 26.0. The monoisotopic (exact) mass is 505 g/mol. The summed E-state index contributed by atoms with van der Waals surface area (Å²) in [7, 11) is 0. The Bertz CT molecular complexity index is 923. The molecule has 200 valence electrons. The van der Waals surface area contributed by atoms with E-state index in [0.29, 0.717) is 36.1 Å². The lowest BCUT2D eigenvalue weighted by molar-refractivity contribution is -0.144. The van der Waals surface area contributed by atoms with Gasteiger partial charge in [-0.2, -0.15) is 13.2 Å². The lowest BCUT2D eigenvalue weighted by atomic mass is 9.78. The maximum atomic E-state index is 13.3. The Kier molecular flexibility index (Phi) is 7.67. The van der Waals surface area contributed by atoms with Gasteiger partial charge in [0.05, 0.1) is 11.0 Å². The average Bonchev–Trinajstić information content (AvgIpc) is 3.60. The quantitative estimate of drug-likeness (QED) is 0.453. The molecule has 1 aromatic heterocycles. The molecule has 0 bridgehead atoms. The lowest BCUT2D eigenvalue weighted by Gasteiger charge is -2.37. The summed E-state index contributed by atoms with van der Waals surface area (Å²) in [5.41, 5.74) is 0.252. The summed E-state index contributed by atoms with van der Waals surface area (Å²) in [4.78, 5) is 21.8. The summed E-state index contributed by atoms with van der Waals surface area (Å²) < 4.78 is 38.9. The van der Waals surface area contributed by atoms with Gasteiger partial charge >= 0.3 is 6.18 Å². The molecule has 7 heteroatoms. The zero-order valence-corrected chi connectivity index (χ0v) is 21.8. The van der Waals surface area contributed by atoms with Crippen molar-refractivity contribution in [3.05, 3.63) is 29.1 Å². The molecule has 3 atom stereocenters. The van der Waals surface area contributed by atoms with E-state index in [1.807, 2.05) is 0 Å². The van der Waals surface area contributed by atoms with Crippen LogP contribution in [0.15, 0.2) is 12.3 Å². The van der Waals surface area contributed by atoms with Crippen molar-refractivity contribution >= 4 is 5.91 Å². The summed E-state index contributed by atoms with van der Waals surface area (Å²) in [6.45, 7) is 5.81. The number of carbonyl (C=O) groups is 1. The highest BCUT2D eigenvalue weighted by molar-refractivity contribution is 5.84. The Morgan fingerprint density at radius 3 is 2.50 bits per heavy atom. The van der Waals surface area contributed by atoms with E-state index in [1.165, 1.54) is 64.1 Å². The molecule has 4 fully saturated rings. The van der Waals surface area contributed by atoms with Crippen molar-refractivity contribution in [3.8, 4) is 0 Å². The molecule has 0 spiro atoms. The molecule has 2 aliphatic heterocycles. The minimum atomic E-state index is -4.40. The van der Waals surface area contributed by atoms with Gasteiger partial charge in [-0.15, -0.1) is 0 Å². The summed E-state index contributed by atoms with van der Waals surface area (Å²) in [5, 5.41) is 0. The van der Waals surface area contributed by atoms with Gasteiger partial charge in [-0.3, -0.25) is 9.78 Å². The molecule has 3 heterocycles. The van der Waals surface area contributed by atoms with Gasteiger partial charge in [-0.05, 0) is 87.9 Å². The Labute approximate surface area is 214 Å². The van der Waals surface area contributed by atoms with Gasteiger partial charge < -0.3 is 9.80 Å². The predicted octanol–water partition coefficient (Wildman–Crippen LogP) is 6.62. The van der Waals surface area contributed by atoms with Crippen LogP contribution in [0.5, 0.6) is 0 Å². The third-order valence-corrected chi connectivity index (χ3v) is 9.67. The Hall–Kier alpha value is -1.63. The molecule has 3 aliphatic carbocycles. The van der Waals surface area contributed by atoms with Crippen molar-refractivity contribution in [2.45, 2.75) is 109 Å². The standard InChI is InChI=1S/C19H23F3N2O.C10H19N/c1-12-7-14-3-2-5-18(14,9-12)17(25)24-6-4-16-13(11-24)8-15(10-23-16)19(20,21)22;1-2-6-10(7-3-1)11-8-4-5-9-11/h8,10,12,14H,2-7,9,11H2,1H3;10H,1-9H2. The molecular formula is C29H42F3N3O. The largest absolute Gasteiger partial charge is 0.417 e. The zero-order valence-electron chi connectivity index (χ0n) is 21.8. The van der Waals surface area contributed by atoms with Crippen LogP contribution in [-0.4, -0.2) is 46.4 Å². The van der Waals surface area contributed by atoms with Crippen LogP contribution in [0.25, 0.3) is 0 Å². The van der Waals surface area contributed by atoms with Crippen LogP contribution in [0, 0.1) is 17.3 Å². The van der Waals surface area contributed by atoms with Crippen molar-refractivity contribution in [2.75, 3.05) is 19.6 Å². The molecule has 0 radical (unpaired) electrons. The van der Waals surface area contributed by atoms with Crippen LogP contribution in [0.1, 0.15) is 101 Å². The Balaban J connectivity index is 0.000000202. The molecule has 0 aromatic carbocycles. The van der Waals surface area contributed by atoms with E-state index in [9.17, 15) is 18.0 Å². The van der Waals surface area contributed by atoms with E-state index in [1.54, 1.807) is 4.90 Å². The van der Waals surface area contributed by atoms with E-state index in [-0.39, 0.29) is 17.9 Å². The maximum absolute atomic E-state index is 13.3. The van der Waals surface area contributed by atoms with E-state index >= 15 is 0 Å². The smallest absolute Gasteiger partial charge is 0.337 e. The van der Waals surface area contributed by atoms with E-state index in [2.05, 4.69) is 16.8 Å². The molecule has 3 saturated carbocycles.